The molecule has 4 N–H and O–H groups in total. The third kappa shape index (κ3) is 3.56. The largest absolute Gasteiger partial charge is 0.344 e. The molecular formula is C14H26N4O. The van der Waals surface area contributed by atoms with Gasteiger partial charge in [0.05, 0.1) is 5.54 Å². The number of aromatic amines is 1. The van der Waals surface area contributed by atoms with Crippen molar-refractivity contribution in [2.24, 2.45) is 11.7 Å². The number of hydrogen-bond donors (Lipinski definition) is 3. The molecule has 1 unspecified atom stereocenters. The van der Waals surface area contributed by atoms with Gasteiger partial charge in [-0.25, -0.2) is 0 Å². The lowest BCUT2D eigenvalue weighted by Gasteiger charge is -2.33. The van der Waals surface area contributed by atoms with Crippen LogP contribution in [0.4, 0.5) is 0 Å². The molecule has 0 radical (unpaired) electrons. The zero-order chi connectivity index (χ0) is 14.8. The lowest BCUT2D eigenvalue weighted by molar-refractivity contribution is 0.0878. The van der Waals surface area contributed by atoms with Gasteiger partial charge < -0.3 is 11.1 Å². The van der Waals surface area contributed by atoms with Gasteiger partial charge in [0.2, 0.25) is 0 Å². The van der Waals surface area contributed by atoms with Crippen LogP contribution < -0.4 is 11.1 Å². The van der Waals surface area contributed by atoms with Gasteiger partial charge in [0.25, 0.3) is 5.91 Å². The van der Waals surface area contributed by atoms with Crippen LogP contribution in [0.5, 0.6) is 0 Å². The second-order valence-electron chi connectivity index (χ2n) is 6.65. The van der Waals surface area contributed by atoms with Gasteiger partial charge in [-0.1, -0.05) is 34.6 Å². The summed E-state index contributed by atoms with van der Waals surface area (Å²) in [4.78, 5) is 12.2. The van der Waals surface area contributed by atoms with Crippen molar-refractivity contribution in [1.82, 2.24) is 15.5 Å². The second kappa shape index (κ2) is 5.33. The first-order valence-corrected chi connectivity index (χ1v) is 6.68. The summed E-state index contributed by atoms with van der Waals surface area (Å²) in [5.74, 6) is 0.0656. The average molecular weight is 266 g/mol. The lowest BCUT2D eigenvalue weighted by atomic mass is 9.88. The predicted molar refractivity (Wildman–Crippen MR) is 77.1 cm³/mol. The molecule has 0 spiro atoms. The topological polar surface area (TPSA) is 83.8 Å². The third-order valence-corrected chi connectivity index (χ3v) is 3.72. The van der Waals surface area contributed by atoms with Crippen molar-refractivity contribution in [3.8, 4) is 0 Å². The van der Waals surface area contributed by atoms with Crippen molar-refractivity contribution in [1.29, 1.82) is 0 Å². The van der Waals surface area contributed by atoms with Crippen LogP contribution in [-0.4, -0.2) is 28.2 Å². The number of H-pyrrole nitrogens is 1. The number of nitrogens with one attached hydrogen (secondary N) is 2. The van der Waals surface area contributed by atoms with Crippen molar-refractivity contribution >= 4 is 5.91 Å². The summed E-state index contributed by atoms with van der Waals surface area (Å²) in [6.07, 6.45) is 0. The van der Waals surface area contributed by atoms with Gasteiger partial charge in [0.15, 0.2) is 0 Å². The van der Waals surface area contributed by atoms with Crippen LogP contribution in [0.2, 0.25) is 0 Å². The van der Waals surface area contributed by atoms with Gasteiger partial charge in [-0.15, -0.1) is 0 Å². The first-order chi connectivity index (χ1) is 8.60. The summed E-state index contributed by atoms with van der Waals surface area (Å²) >= 11 is 0. The Morgan fingerprint density at radius 1 is 1.42 bits per heavy atom. The molecule has 1 heterocycles. The maximum atomic E-state index is 12.2. The van der Waals surface area contributed by atoms with E-state index in [-0.39, 0.29) is 17.2 Å². The monoisotopic (exact) mass is 266 g/mol. The lowest BCUT2D eigenvalue weighted by Crippen LogP contribution is -2.55. The van der Waals surface area contributed by atoms with Gasteiger partial charge in [0, 0.05) is 17.7 Å². The number of nitrogens with zero attached hydrogens (tertiary/aromatic N) is 1. The van der Waals surface area contributed by atoms with E-state index in [1.807, 2.05) is 20.8 Å². The summed E-state index contributed by atoms with van der Waals surface area (Å²) in [5.41, 5.74) is 6.64. The zero-order valence-corrected chi connectivity index (χ0v) is 12.8. The molecule has 0 aromatic carbocycles. The van der Waals surface area contributed by atoms with Gasteiger partial charge in [-0.05, 0) is 18.9 Å². The van der Waals surface area contributed by atoms with E-state index in [1.165, 1.54) is 0 Å². The molecule has 5 nitrogen and oxygen atoms in total. The first-order valence-electron chi connectivity index (χ1n) is 6.68. The molecule has 0 aliphatic carbocycles. The zero-order valence-electron chi connectivity index (χ0n) is 12.8. The van der Waals surface area contributed by atoms with Gasteiger partial charge in [-0.3, -0.25) is 9.89 Å². The van der Waals surface area contributed by atoms with Crippen LogP contribution in [0.15, 0.2) is 6.07 Å². The normalized spacial score (nSPS) is 15.4. The minimum Gasteiger partial charge on any atom is -0.344 e. The van der Waals surface area contributed by atoms with Crippen LogP contribution >= 0.6 is 0 Å². The number of carbonyl (C=O) groups excluding carboxylic acids is 1. The van der Waals surface area contributed by atoms with E-state index in [0.29, 0.717) is 12.2 Å². The van der Waals surface area contributed by atoms with Crippen LogP contribution in [0, 0.1) is 5.92 Å². The molecule has 0 fully saturated rings. The van der Waals surface area contributed by atoms with Crippen LogP contribution in [-0.2, 0) is 5.41 Å². The summed E-state index contributed by atoms with van der Waals surface area (Å²) in [5, 5.41) is 9.98. The van der Waals surface area contributed by atoms with E-state index in [4.69, 9.17) is 5.73 Å². The number of aromatic nitrogens is 2. The molecule has 0 saturated carbocycles. The van der Waals surface area contributed by atoms with Crippen molar-refractivity contribution in [3.63, 3.8) is 0 Å². The highest BCUT2D eigenvalue weighted by atomic mass is 16.2. The molecule has 1 amide bonds. The standard InChI is InChI=1S/C14H26N4O/c1-9(2)14(6,8-15)16-12(19)10-7-11(18-17-10)13(3,4)5/h7,9H,8,15H2,1-6H3,(H,16,19)(H,17,18). The molecule has 1 rings (SSSR count). The molecule has 1 atom stereocenters. The minimum absolute atomic E-state index is 0.0548. The number of rotatable bonds is 4. The Bertz CT molecular complexity index is 445. The van der Waals surface area contributed by atoms with Crippen LogP contribution in [0.25, 0.3) is 0 Å². The van der Waals surface area contributed by atoms with Gasteiger partial charge >= 0.3 is 0 Å². The predicted octanol–water partition coefficient (Wildman–Crippen LogP) is 1.81. The maximum absolute atomic E-state index is 12.2. The van der Waals surface area contributed by atoms with E-state index < -0.39 is 5.54 Å². The van der Waals surface area contributed by atoms with E-state index in [9.17, 15) is 4.79 Å². The Hall–Kier alpha value is -1.36. The third-order valence-electron chi connectivity index (χ3n) is 3.72. The van der Waals surface area contributed by atoms with Gasteiger partial charge in [0.1, 0.15) is 5.69 Å². The van der Waals surface area contributed by atoms with E-state index in [2.05, 4.69) is 36.3 Å². The summed E-state index contributed by atoms with van der Waals surface area (Å²) < 4.78 is 0. The fourth-order valence-electron chi connectivity index (χ4n) is 1.58. The number of carbonyl (C=O) groups is 1. The SMILES string of the molecule is CC(C)C(C)(CN)NC(=O)c1cc(C(C)(C)C)[nH]n1. The van der Waals surface area contributed by atoms with Crippen molar-refractivity contribution in [2.75, 3.05) is 6.54 Å². The molecule has 108 valence electrons. The van der Waals surface area contributed by atoms with E-state index in [0.717, 1.165) is 5.69 Å². The van der Waals surface area contributed by atoms with Crippen LogP contribution in [0.1, 0.15) is 57.7 Å². The smallest absolute Gasteiger partial charge is 0.272 e. The highest BCUT2D eigenvalue weighted by Gasteiger charge is 2.30. The average Bonchev–Trinajstić information content (AvgIpc) is 2.77. The highest BCUT2D eigenvalue weighted by molar-refractivity contribution is 5.92. The molecule has 5 heteroatoms. The number of nitrogens with two attached hydrogens (primary N) is 1. The fourth-order valence-corrected chi connectivity index (χ4v) is 1.58. The second-order valence-corrected chi connectivity index (χ2v) is 6.65. The summed E-state index contributed by atoms with van der Waals surface area (Å²) in [6, 6.07) is 1.80. The van der Waals surface area contributed by atoms with E-state index >= 15 is 0 Å². The summed E-state index contributed by atoms with van der Waals surface area (Å²) in [7, 11) is 0. The van der Waals surface area contributed by atoms with Crippen molar-refractivity contribution < 1.29 is 4.79 Å². The molecule has 1 aromatic rings. The Labute approximate surface area is 115 Å². The molecular weight excluding hydrogens is 240 g/mol. The molecule has 0 bridgehead atoms. The Morgan fingerprint density at radius 3 is 2.37 bits per heavy atom. The minimum atomic E-state index is -0.419. The van der Waals surface area contributed by atoms with Gasteiger partial charge in [-0.2, -0.15) is 5.10 Å². The molecule has 19 heavy (non-hydrogen) atoms. The molecule has 0 saturated heterocycles. The number of hydrogen-bond acceptors (Lipinski definition) is 3. The Balaban J connectivity index is 2.87. The molecule has 1 aromatic heterocycles. The Kier molecular flexibility index (Phi) is 4.40. The first kappa shape index (κ1) is 15.7. The Morgan fingerprint density at radius 2 is 2.00 bits per heavy atom. The fraction of sp³-hybridized carbons (Fsp3) is 0.714. The van der Waals surface area contributed by atoms with Crippen LogP contribution in [0.3, 0.4) is 0 Å². The quantitative estimate of drug-likeness (QED) is 0.777. The molecule has 0 aliphatic heterocycles. The van der Waals surface area contributed by atoms with E-state index in [1.54, 1.807) is 6.07 Å². The van der Waals surface area contributed by atoms with Crippen molar-refractivity contribution in [2.45, 2.75) is 52.5 Å². The summed E-state index contributed by atoms with van der Waals surface area (Å²) in [6.45, 7) is 12.6. The number of amides is 1. The maximum Gasteiger partial charge on any atom is 0.272 e. The van der Waals surface area contributed by atoms with Crippen molar-refractivity contribution in [3.05, 3.63) is 17.5 Å². The highest BCUT2D eigenvalue weighted by Crippen LogP contribution is 2.21. The molecule has 0 aliphatic rings.